The summed E-state index contributed by atoms with van der Waals surface area (Å²) in [6.45, 7) is 8.53. The van der Waals surface area contributed by atoms with Crippen molar-refractivity contribution < 1.29 is 0 Å². The van der Waals surface area contributed by atoms with Gasteiger partial charge in [0.25, 0.3) is 0 Å². The minimum atomic E-state index is 0.330. The van der Waals surface area contributed by atoms with Crippen molar-refractivity contribution >= 4 is 0 Å². The van der Waals surface area contributed by atoms with E-state index in [1.54, 1.807) is 0 Å². The van der Waals surface area contributed by atoms with Crippen LogP contribution in [0.1, 0.15) is 36.5 Å². The van der Waals surface area contributed by atoms with Crippen LogP contribution in [-0.2, 0) is 6.42 Å². The lowest BCUT2D eigenvalue weighted by Gasteiger charge is -2.08. The van der Waals surface area contributed by atoms with Crippen molar-refractivity contribution in [3.8, 4) is 0 Å². The maximum Gasteiger partial charge on any atom is 0.00109 e. The first-order valence-electron chi connectivity index (χ1n) is 6.62. The van der Waals surface area contributed by atoms with Crippen molar-refractivity contribution in [1.29, 1.82) is 0 Å². The summed E-state index contributed by atoms with van der Waals surface area (Å²) >= 11 is 0. The van der Waals surface area contributed by atoms with Gasteiger partial charge in [-0.25, -0.2) is 0 Å². The van der Waals surface area contributed by atoms with Crippen molar-refractivity contribution in [1.82, 2.24) is 5.32 Å². The lowest BCUT2D eigenvalue weighted by molar-refractivity contribution is 0.575. The predicted molar refractivity (Wildman–Crippen MR) is 75.4 cm³/mol. The summed E-state index contributed by atoms with van der Waals surface area (Å²) in [6, 6.07) is 7.06. The maximum atomic E-state index is 5.70. The number of hydrogen-bond acceptors (Lipinski definition) is 2. The van der Waals surface area contributed by atoms with Crippen LogP contribution in [0.15, 0.2) is 18.2 Å². The van der Waals surface area contributed by atoms with Gasteiger partial charge < -0.3 is 11.1 Å². The van der Waals surface area contributed by atoms with Crippen molar-refractivity contribution in [2.24, 2.45) is 5.73 Å². The smallest absolute Gasteiger partial charge is 0.00109 e. The minimum Gasteiger partial charge on any atom is -0.328 e. The van der Waals surface area contributed by atoms with Crippen LogP contribution in [0.2, 0.25) is 0 Å². The Bertz CT molecular complexity index is 332. The van der Waals surface area contributed by atoms with Gasteiger partial charge in [0, 0.05) is 6.04 Å². The number of nitrogens with two attached hydrogens (primary N) is 1. The Labute approximate surface area is 106 Å². The van der Waals surface area contributed by atoms with Crippen molar-refractivity contribution in [3.05, 3.63) is 34.9 Å². The highest BCUT2D eigenvalue weighted by molar-refractivity contribution is 5.29. The summed E-state index contributed by atoms with van der Waals surface area (Å²) in [5, 5.41) is 3.47. The first kappa shape index (κ1) is 14.2. The molecule has 0 heterocycles. The van der Waals surface area contributed by atoms with Gasteiger partial charge in [0.1, 0.15) is 0 Å². The Morgan fingerprint density at radius 2 is 1.94 bits per heavy atom. The third kappa shape index (κ3) is 5.85. The fraction of sp³-hybridized carbons (Fsp3) is 0.600. The highest BCUT2D eigenvalue weighted by Crippen LogP contribution is 2.09. The van der Waals surface area contributed by atoms with E-state index in [0.29, 0.717) is 6.04 Å². The highest BCUT2D eigenvalue weighted by atomic mass is 14.8. The zero-order chi connectivity index (χ0) is 12.7. The van der Waals surface area contributed by atoms with Gasteiger partial charge in [-0.1, -0.05) is 18.2 Å². The summed E-state index contributed by atoms with van der Waals surface area (Å²) < 4.78 is 0. The monoisotopic (exact) mass is 234 g/mol. The van der Waals surface area contributed by atoms with Crippen LogP contribution >= 0.6 is 0 Å². The Morgan fingerprint density at radius 1 is 1.18 bits per heavy atom. The molecular formula is C15H26N2. The molecule has 1 rings (SSSR count). The van der Waals surface area contributed by atoms with E-state index in [1.807, 2.05) is 0 Å². The molecule has 1 aromatic carbocycles. The van der Waals surface area contributed by atoms with Crippen LogP contribution in [-0.4, -0.2) is 19.1 Å². The molecule has 0 amide bonds. The van der Waals surface area contributed by atoms with Crippen LogP contribution < -0.4 is 11.1 Å². The number of aryl methyl sites for hydroxylation is 2. The van der Waals surface area contributed by atoms with Gasteiger partial charge in [-0.15, -0.1) is 0 Å². The van der Waals surface area contributed by atoms with E-state index >= 15 is 0 Å². The van der Waals surface area contributed by atoms with Gasteiger partial charge in [-0.05, 0) is 69.8 Å². The molecule has 3 N–H and O–H groups in total. The van der Waals surface area contributed by atoms with Crippen molar-refractivity contribution in [3.63, 3.8) is 0 Å². The highest BCUT2D eigenvalue weighted by Gasteiger charge is 1.97. The molecule has 1 aromatic rings. The largest absolute Gasteiger partial charge is 0.328 e. The molecular weight excluding hydrogens is 208 g/mol. The van der Waals surface area contributed by atoms with E-state index in [9.17, 15) is 0 Å². The van der Waals surface area contributed by atoms with E-state index in [2.05, 4.69) is 44.3 Å². The number of benzene rings is 1. The first-order valence-corrected chi connectivity index (χ1v) is 6.62. The van der Waals surface area contributed by atoms with Gasteiger partial charge >= 0.3 is 0 Å². The van der Waals surface area contributed by atoms with Gasteiger partial charge in [0.15, 0.2) is 0 Å². The second-order valence-corrected chi connectivity index (χ2v) is 5.04. The Kier molecular flexibility index (Phi) is 6.23. The number of nitrogens with one attached hydrogen (secondary N) is 1. The minimum absolute atomic E-state index is 0.330. The average Bonchev–Trinajstić information content (AvgIpc) is 2.27. The summed E-state index contributed by atoms with van der Waals surface area (Å²) in [4.78, 5) is 0. The Morgan fingerprint density at radius 3 is 2.59 bits per heavy atom. The maximum absolute atomic E-state index is 5.70. The topological polar surface area (TPSA) is 38.0 Å². The lowest BCUT2D eigenvalue weighted by atomic mass is 10.0. The standard InChI is InChI=1S/C15H26N2/c1-12-6-7-15(11-13(12)2)8-10-17-9-4-5-14(3)16/h6-7,11,14,17H,4-5,8-10,16H2,1-3H3. The molecule has 0 aliphatic rings. The molecule has 96 valence electrons. The van der Waals surface area contributed by atoms with Crippen LogP contribution in [0.3, 0.4) is 0 Å². The molecule has 0 fully saturated rings. The van der Waals surface area contributed by atoms with Crippen LogP contribution in [0, 0.1) is 13.8 Å². The third-order valence-electron chi connectivity index (χ3n) is 3.17. The molecule has 0 bridgehead atoms. The SMILES string of the molecule is Cc1ccc(CCNCCCC(C)N)cc1C. The van der Waals surface area contributed by atoms with Crippen molar-refractivity contribution in [2.45, 2.75) is 46.1 Å². The predicted octanol–water partition coefficient (Wildman–Crippen LogP) is 2.56. The first-order chi connectivity index (χ1) is 8.09. The van der Waals surface area contributed by atoms with Gasteiger partial charge in [-0.2, -0.15) is 0 Å². The molecule has 0 aliphatic heterocycles. The molecule has 0 spiro atoms. The molecule has 0 saturated heterocycles. The molecule has 2 nitrogen and oxygen atoms in total. The van der Waals surface area contributed by atoms with Crippen molar-refractivity contribution in [2.75, 3.05) is 13.1 Å². The van der Waals surface area contributed by atoms with Crippen LogP contribution in [0.5, 0.6) is 0 Å². The van der Waals surface area contributed by atoms with Gasteiger partial charge in [0.05, 0.1) is 0 Å². The van der Waals surface area contributed by atoms with E-state index in [4.69, 9.17) is 5.73 Å². The van der Waals surface area contributed by atoms with Crippen LogP contribution in [0.4, 0.5) is 0 Å². The molecule has 0 aliphatic carbocycles. The Balaban J connectivity index is 2.16. The van der Waals surface area contributed by atoms with Gasteiger partial charge in [0.2, 0.25) is 0 Å². The van der Waals surface area contributed by atoms with Crippen LogP contribution in [0.25, 0.3) is 0 Å². The van der Waals surface area contributed by atoms with Gasteiger partial charge in [-0.3, -0.25) is 0 Å². The zero-order valence-corrected chi connectivity index (χ0v) is 11.4. The van der Waals surface area contributed by atoms with E-state index in [0.717, 1.165) is 25.9 Å². The normalized spacial score (nSPS) is 12.7. The number of rotatable bonds is 7. The quantitative estimate of drug-likeness (QED) is 0.712. The second-order valence-electron chi connectivity index (χ2n) is 5.04. The molecule has 0 radical (unpaired) electrons. The molecule has 0 aromatic heterocycles. The fourth-order valence-electron chi connectivity index (χ4n) is 1.87. The summed E-state index contributed by atoms with van der Waals surface area (Å²) in [7, 11) is 0. The lowest BCUT2D eigenvalue weighted by Crippen LogP contribution is -2.21. The van der Waals surface area contributed by atoms with E-state index < -0.39 is 0 Å². The average molecular weight is 234 g/mol. The Hall–Kier alpha value is -0.860. The fourth-order valence-corrected chi connectivity index (χ4v) is 1.87. The van der Waals surface area contributed by atoms with E-state index in [1.165, 1.54) is 23.1 Å². The second kappa shape index (κ2) is 7.46. The third-order valence-corrected chi connectivity index (χ3v) is 3.17. The molecule has 1 atom stereocenters. The summed E-state index contributed by atoms with van der Waals surface area (Å²) in [6.07, 6.45) is 3.39. The summed E-state index contributed by atoms with van der Waals surface area (Å²) in [5.41, 5.74) is 9.89. The number of hydrogen-bond donors (Lipinski definition) is 2. The zero-order valence-electron chi connectivity index (χ0n) is 11.4. The molecule has 1 unspecified atom stereocenters. The van der Waals surface area contributed by atoms with E-state index in [-0.39, 0.29) is 0 Å². The molecule has 0 saturated carbocycles. The summed E-state index contributed by atoms with van der Waals surface area (Å²) in [5.74, 6) is 0. The molecule has 17 heavy (non-hydrogen) atoms. The molecule has 2 heteroatoms.